The Balaban J connectivity index is 2.05. The zero-order chi connectivity index (χ0) is 13.8. The molecule has 1 aromatic carbocycles. The van der Waals surface area contributed by atoms with Gasteiger partial charge in [-0.3, -0.25) is 15.0 Å². The van der Waals surface area contributed by atoms with Crippen molar-refractivity contribution in [1.29, 1.82) is 0 Å². The molecule has 0 aromatic heterocycles. The molecule has 7 heteroatoms. The fraction of sp³-hybridized carbons (Fsp3) is 0.417. The number of oxime groups is 1. The van der Waals surface area contributed by atoms with Crippen LogP contribution < -0.4 is 0 Å². The predicted octanol–water partition coefficient (Wildman–Crippen LogP) is 2.16. The van der Waals surface area contributed by atoms with Gasteiger partial charge < -0.3 is 5.21 Å². The Bertz CT molecular complexity index is 509. The summed E-state index contributed by atoms with van der Waals surface area (Å²) >= 11 is 0. The van der Waals surface area contributed by atoms with Crippen LogP contribution in [0.2, 0.25) is 0 Å². The van der Waals surface area contributed by atoms with Crippen LogP contribution in [0.5, 0.6) is 0 Å². The number of non-ortho nitro benzene ring substituents is 1. The summed E-state index contributed by atoms with van der Waals surface area (Å²) in [7, 11) is 0. The minimum atomic E-state index is -0.598. The molecule has 2 rings (SSSR count). The van der Waals surface area contributed by atoms with Crippen molar-refractivity contribution in [3.8, 4) is 0 Å². The zero-order valence-corrected chi connectivity index (χ0v) is 10.3. The van der Waals surface area contributed by atoms with Gasteiger partial charge in [-0.25, -0.2) is 4.39 Å². The third kappa shape index (κ3) is 3.47. The van der Waals surface area contributed by atoms with Gasteiger partial charge in [0.1, 0.15) is 5.82 Å². The summed E-state index contributed by atoms with van der Waals surface area (Å²) in [5.41, 5.74) is 1.10. The fourth-order valence-corrected chi connectivity index (χ4v) is 2.16. The van der Waals surface area contributed by atoms with Crippen LogP contribution in [0.1, 0.15) is 18.4 Å². The minimum absolute atomic E-state index is 0.232. The molecule has 0 spiro atoms. The van der Waals surface area contributed by atoms with Crippen LogP contribution in [0.15, 0.2) is 23.4 Å². The lowest BCUT2D eigenvalue weighted by Gasteiger charge is -2.26. The van der Waals surface area contributed by atoms with Crippen LogP contribution in [0.25, 0.3) is 0 Å². The van der Waals surface area contributed by atoms with Gasteiger partial charge in [0.15, 0.2) is 0 Å². The highest BCUT2D eigenvalue weighted by Crippen LogP contribution is 2.19. The molecular weight excluding hydrogens is 253 g/mol. The van der Waals surface area contributed by atoms with E-state index < -0.39 is 10.7 Å². The molecule has 0 unspecified atom stereocenters. The van der Waals surface area contributed by atoms with E-state index in [0.717, 1.165) is 11.8 Å². The Morgan fingerprint density at radius 3 is 2.63 bits per heavy atom. The number of benzene rings is 1. The van der Waals surface area contributed by atoms with Gasteiger partial charge in [0.2, 0.25) is 0 Å². The molecular formula is C12H14FN3O3. The van der Waals surface area contributed by atoms with Gasteiger partial charge >= 0.3 is 0 Å². The van der Waals surface area contributed by atoms with Gasteiger partial charge in [-0.2, -0.15) is 0 Å². The molecule has 1 saturated heterocycles. The standard InChI is InChI=1S/C12H14FN3O3/c13-10-5-9(6-12(7-10)16(18)19)8-15-3-1-11(14-17)2-4-15/h5-7,17H,1-4,8H2. The van der Waals surface area contributed by atoms with E-state index in [4.69, 9.17) is 5.21 Å². The Morgan fingerprint density at radius 1 is 1.37 bits per heavy atom. The highest BCUT2D eigenvalue weighted by atomic mass is 19.1. The van der Waals surface area contributed by atoms with Crippen LogP contribution in [-0.4, -0.2) is 33.8 Å². The van der Waals surface area contributed by atoms with Crippen molar-refractivity contribution in [3.05, 3.63) is 39.7 Å². The molecule has 1 N–H and O–H groups in total. The molecule has 19 heavy (non-hydrogen) atoms. The first-order valence-electron chi connectivity index (χ1n) is 5.94. The van der Waals surface area contributed by atoms with Gasteiger partial charge in [-0.15, -0.1) is 0 Å². The lowest BCUT2D eigenvalue weighted by atomic mass is 10.1. The van der Waals surface area contributed by atoms with Crippen LogP contribution in [0.4, 0.5) is 10.1 Å². The summed E-state index contributed by atoms with van der Waals surface area (Å²) in [5, 5.41) is 22.5. The number of nitrogens with zero attached hydrogens (tertiary/aromatic N) is 3. The van der Waals surface area contributed by atoms with Crippen LogP contribution in [0.3, 0.4) is 0 Å². The first-order chi connectivity index (χ1) is 9.08. The van der Waals surface area contributed by atoms with Crippen molar-refractivity contribution >= 4 is 11.4 Å². The number of likely N-dealkylation sites (tertiary alicyclic amines) is 1. The summed E-state index contributed by atoms with van der Waals surface area (Å²) in [5.74, 6) is -0.598. The van der Waals surface area contributed by atoms with Gasteiger partial charge in [-0.05, 0) is 11.6 Å². The lowest BCUT2D eigenvalue weighted by molar-refractivity contribution is -0.385. The average molecular weight is 267 g/mol. The van der Waals surface area contributed by atoms with Gasteiger partial charge in [0, 0.05) is 38.5 Å². The largest absolute Gasteiger partial charge is 0.411 e. The van der Waals surface area contributed by atoms with E-state index in [-0.39, 0.29) is 5.69 Å². The highest BCUT2D eigenvalue weighted by molar-refractivity contribution is 5.84. The normalized spacial score (nSPS) is 16.4. The van der Waals surface area contributed by atoms with E-state index in [1.165, 1.54) is 12.1 Å². The van der Waals surface area contributed by atoms with Crippen molar-refractivity contribution in [2.24, 2.45) is 5.16 Å². The highest BCUT2D eigenvalue weighted by Gasteiger charge is 2.17. The molecule has 0 radical (unpaired) electrons. The van der Waals surface area contributed by atoms with E-state index >= 15 is 0 Å². The maximum absolute atomic E-state index is 13.3. The minimum Gasteiger partial charge on any atom is -0.411 e. The number of nitro benzene ring substituents is 1. The maximum Gasteiger partial charge on any atom is 0.272 e. The van der Waals surface area contributed by atoms with E-state index in [2.05, 4.69) is 5.16 Å². The predicted molar refractivity (Wildman–Crippen MR) is 66.8 cm³/mol. The molecule has 0 bridgehead atoms. The summed E-state index contributed by atoms with van der Waals surface area (Å²) in [6, 6.07) is 3.61. The average Bonchev–Trinajstić information content (AvgIpc) is 2.39. The first-order valence-corrected chi connectivity index (χ1v) is 5.94. The molecule has 102 valence electrons. The van der Waals surface area contributed by atoms with Crippen LogP contribution in [0, 0.1) is 15.9 Å². The molecule has 0 aliphatic carbocycles. The lowest BCUT2D eigenvalue weighted by Crippen LogP contribution is -2.33. The molecule has 1 aliphatic heterocycles. The van der Waals surface area contributed by atoms with Crippen molar-refractivity contribution in [2.45, 2.75) is 19.4 Å². The second-order valence-corrected chi connectivity index (χ2v) is 4.52. The van der Waals surface area contributed by atoms with E-state index in [0.29, 0.717) is 38.0 Å². The number of nitro groups is 1. The number of piperidine rings is 1. The van der Waals surface area contributed by atoms with Crippen molar-refractivity contribution in [1.82, 2.24) is 4.90 Å². The second kappa shape index (κ2) is 5.75. The number of hydrogen-bond donors (Lipinski definition) is 1. The van der Waals surface area contributed by atoms with Gasteiger partial charge in [0.05, 0.1) is 16.7 Å². The van der Waals surface area contributed by atoms with Crippen LogP contribution in [-0.2, 0) is 6.54 Å². The Morgan fingerprint density at radius 2 is 2.05 bits per heavy atom. The molecule has 1 fully saturated rings. The number of rotatable bonds is 3. The number of hydrogen-bond acceptors (Lipinski definition) is 5. The molecule has 0 atom stereocenters. The third-order valence-corrected chi connectivity index (χ3v) is 3.13. The van der Waals surface area contributed by atoms with E-state index in [1.807, 2.05) is 4.90 Å². The molecule has 1 aliphatic rings. The van der Waals surface area contributed by atoms with Crippen LogP contribution >= 0.6 is 0 Å². The first kappa shape index (κ1) is 13.4. The van der Waals surface area contributed by atoms with Crippen molar-refractivity contribution < 1.29 is 14.5 Å². The summed E-state index contributed by atoms with van der Waals surface area (Å²) in [6.45, 7) is 1.85. The topological polar surface area (TPSA) is 79.0 Å². The molecule has 0 amide bonds. The molecule has 1 heterocycles. The van der Waals surface area contributed by atoms with Gasteiger partial charge in [-0.1, -0.05) is 5.16 Å². The Hall–Kier alpha value is -2.02. The maximum atomic E-state index is 13.3. The molecule has 0 saturated carbocycles. The van der Waals surface area contributed by atoms with Crippen molar-refractivity contribution in [2.75, 3.05) is 13.1 Å². The monoisotopic (exact) mass is 267 g/mol. The SMILES string of the molecule is O=[N+]([O-])c1cc(F)cc(CN2CCC(=NO)CC2)c1. The fourth-order valence-electron chi connectivity index (χ4n) is 2.16. The van der Waals surface area contributed by atoms with Crippen molar-refractivity contribution in [3.63, 3.8) is 0 Å². The zero-order valence-electron chi connectivity index (χ0n) is 10.3. The smallest absolute Gasteiger partial charge is 0.272 e. The summed E-state index contributed by atoms with van der Waals surface area (Å²) < 4.78 is 13.3. The Kier molecular flexibility index (Phi) is 4.06. The number of halogens is 1. The third-order valence-electron chi connectivity index (χ3n) is 3.13. The molecule has 6 nitrogen and oxygen atoms in total. The van der Waals surface area contributed by atoms with Gasteiger partial charge in [0.25, 0.3) is 5.69 Å². The quantitative estimate of drug-likeness (QED) is 0.517. The Labute approximate surface area is 109 Å². The second-order valence-electron chi connectivity index (χ2n) is 4.52. The summed E-state index contributed by atoms with van der Waals surface area (Å²) in [6.07, 6.45) is 1.32. The molecule has 1 aromatic rings. The van der Waals surface area contributed by atoms with E-state index in [9.17, 15) is 14.5 Å². The van der Waals surface area contributed by atoms with E-state index in [1.54, 1.807) is 0 Å². The summed E-state index contributed by atoms with van der Waals surface area (Å²) in [4.78, 5) is 12.1.